The summed E-state index contributed by atoms with van der Waals surface area (Å²) in [6, 6.07) is 0. The van der Waals surface area contributed by atoms with Gasteiger partial charge in [0, 0.05) is 0 Å². The first-order valence-corrected chi connectivity index (χ1v) is 7.78. The van der Waals surface area contributed by atoms with Gasteiger partial charge < -0.3 is 0 Å². The summed E-state index contributed by atoms with van der Waals surface area (Å²) in [5.74, 6) is 0. The molecule has 2 fully saturated rings. The van der Waals surface area contributed by atoms with Gasteiger partial charge in [0.25, 0.3) is 0 Å². The van der Waals surface area contributed by atoms with Crippen LogP contribution in [-0.4, -0.2) is 35.1 Å². The van der Waals surface area contributed by atoms with Gasteiger partial charge in [-0.15, -0.1) is 0 Å². The second-order valence-corrected chi connectivity index (χ2v) is 5.33. The average Bonchev–Trinajstić information content (AvgIpc) is 2.58. The van der Waals surface area contributed by atoms with Gasteiger partial charge in [-0.3, -0.25) is 0 Å². The Morgan fingerprint density at radius 2 is 2.00 bits per heavy atom. The molecule has 0 radical (unpaired) electrons. The van der Waals surface area contributed by atoms with Crippen molar-refractivity contribution in [1.29, 1.82) is 0 Å². The Kier molecular flexibility index (Phi) is 2.92. The molecule has 2 nitrogen and oxygen atoms in total. The fourth-order valence-electron chi connectivity index (χ4n) is 2.62. The normalized spacial score (nSPS) is 28.1. The Balaban J connectivity index is 1.97. The molecule has 0 unspecified atom stereocenters. The molecule has 72 valence electrons. The van der Waals surface area contributed by atoms with Crippen molar-refractivity contribution in [3.8, 4) is 0 Å². The molecule has 0 N–H and O–H groups in total. The van der Waals surface area contributed by atoms with Gasteiger partial charge in [-0.05, 0) is 0 Å². The molecule has 12 heavy (non-hydrogen) atoms. The Bertz CT molecular complexity index is 153. The van der Waals surface area contributed by atoms with Crippen LogP contribution in [0.4, 0.5) is 0 Å². The third-order valence-electron chi connectivity index (χ3n) is 3.24. The summed E-state index contributed by atoms with van der Waals surface area (Å²) in [7, 11) is 0. The number of hydrogen-bond donors (Lipinski definition) is 0. The molecule has 0 saturated carbocycles. The zero-order chi connectivity index (χ0) is 8.44. The predicted octanol–water partition coefficient (Wildman–Crippen LogP) is -1.73. The molecular weight excluding hydrogens is 265 g/mol. The third-order valence-corrected chi connectivity index (χ3v) is 4.18. The number of nitrogens with zero attached hydrogens (tertiary/aromatic N) is 1. The summed E-state index contributed by atoms with van der Waals surface area (Å²) < 4.78 is 5.69. The maximum absolute atomic E-state index is 5.69. The summed E-state index contributed by atoms with van der Waals surface area (Å²) in [5, 5.41) is 0. The molecular formula is C9H17INO-. The molecule has 0 aromatic rings. The van der Waals surface area contributed by atoms with E-state index in [-0.39, 0.29) is 21.6 Å². The van der Waals surface area contributed by atoms with Crippen molar-refractivity contribution < 1.29 is 24.7 Å². The van der Waals surface area contributed by atoms with Crippen LogP contribution in [0.3, 0.4) is 0 Å². The molecule has 2 aliphatic heterocycles. The first kappa shape index (κ1) is 9.21. The predicted molar refractivity (Wildman–Crippen MR) is 44.6 cm³/mol. The maximum atomic E-state index is 5.69. The Morgan fingerprint density at radius 3 is 2.58 bits per heavy atom. The van der Waals surface area contributed by atoms with Crippen LogP contribution in [0, 0.1) is 0 Å². The van der Waals surface area contributed by atoms with Crippen molar-refractivity contribution in [3.05, 3.63) is 0 Å². The molecule has 2 rings (SSSR count). The fourth-order valence-corrected chi connectivity index (χ4v) is 3.51. The molecule has 0 aromatic heterocycles. The number of halogens is 1. The second-order valence-electron chi connectivity index (χ2n) is 3.83. The van der Waals surface area contributed by atoms with Gasteiger partial charge in [-0.25, -0.2) is 0 Å². The number of rotatable bonds is 3. The van der Waals surface area contributed by atoms with Crippen LogP contribution in [-0.2, 0) is 3.07 Å². The van der Waals surface area contributed by atoms with Crippen LogP contribution < -0.4 is 21.6 Å². The van der Waals surface area contributed by atoms with Crippen LogP contribution in [0.2, 0.25) is 0 Å². The van der Waals surface area contributed by atoms with Crippen molar-refractivity contribution in [2.24, 2.45) is 0 Å². The summed E-state index contributed by atoms with van der Waals surface area (Å²) >= 11 is 0.0325. The Labute approximate surface area is 85.5 Å². The summed E-state index contributed by atoms with van der Waals surface area (Å²) in [5.41, 5.74) is 0.496. The molecule has 0 aliphatic carbocycles. The first-order valence-electron chi connectivity index (χ1n) is 4.74. The van der Waals surface area contributed by atoms with Gasteiger partial charge in [0.05, 0.1) is 0 Å². The molecule has 2 heterocycles. The summed E-state index contributed by atoms with van der Waals surface area (Å²) in [4.78, 5) is 4.86. The Morgan fingerprint density at radius 1 is 1.33 bits per heavy atom. The monoisotopic (exact) mass is 282 g/mol. The van der Waals surface area contributed by atoms with E-state index >= 15 is 0 Å². The van der Waals surface area contributed by atoms with Crippen LogP contribution in [0.5, 0.6) is 0 Å². The van der Waals surface area contributed by atoms with Crippen molar-refractivity contribution in [3.63, 3.8) is 0 Å². The topological polar surface area (TPSA) is 12.5 Å². The number of alkyl halides is 1. The standard InChI is InChI=1S/C9H17INO/c1-10-12-8-9-4-2-6-11(9)7-3-5-9/h2-8H2,1H3/q-1. The zero-order valence-electron chi connectivity index (χ0n) is 7.68. The van der Waals surface area contributed by atoms with Gasteiger partial charge in [-0.1, -0.05) is 0 Å². The number of fused-ring (bicyclic) bond motifs is 1. The molecule has 0 bridgehead atoms. The van der Waals surface area contributed by atoms with E-state index in [2.05, 4.69) is 9.83 Å². The van der Waals surface area contributed by atoms with Crippen LogP contribution in [0.25, 0.3) is 0 Å². The van der Waals surface area contributed by atoms with Gasteiger partial charge in [0.1, 0.15) is 0 Å². The van der Waals surface area contributed by atoms with Crippen molar-refractivity contribution in [1.82, 2.24) is 4.90 Å². The molecule has 0 amide bonds. The van der Waals surface area contributed by atoms with Gasteiger partial charge >= 0.3 is 85.4 Å². The van der Waals surface area contributed by atoms with Crippen LogP contribution in [0.15, 0.2) is 0 Å². The van der Waals surface area contributed by atoms with E-state index in [0.717, 1.165) is 6.61 Å². The van der Waals surface area contributed by atoms with Gasteiger partial charge in [0.2, 0.25) is 0 Å². The zero-order valence-corrected chi connectivity index (χ0v) is 9.84. The fraction of sp³-hybridized carbons (Fsp3) is 1.00. The molecule has 2 aliphatic rings. The molecule has 0 atom stereocenters. The number of hydrogen-bond acceptors (Lipinski definition) is 2. The van der Waals surface area contributed by atoms with Gasteiger partial charge in [-0.2, -0.15) is 0 Å². The summed E-state index contributed by atoms with van der Waals surface area (Å²) in [6.45, 7) is 3.67. The Hall–Kier alpha value is 0.650. The van der Waals surface area contributed by atoms with E-state index in [1.165, 1.54) is 38.8 Å². The second kappa shape index (κ2) is 3.80. The van der Waals surface area contributed by atoms with Crippen molar-refractivity contribution in [2.75, 3.05) is 24.6 Å². The van der Waals surface area contributed by atoms with E-state index < -0.39 is 0 Å². The van der Waals surface area contributed by atoms with E-state index in [1.807, 2.05) is 0 Å². The van der Waals surface area contributed by atoms with E-state index in [1.54, 1.807) is 0 Å². The van der Waals surface area contributed by atoms with E-state index in [9.17, 15) is 0 Å². The summed E-state index contributed by atoms with van der Waals surface area (Å²) in [6.07, 6.45) is 5.56. The molecule has 3 heteroatoms. The SMILES string of the molecule is C[I-]OCC12CCCN1CCC2. The van der Waals surface area contributed by atoms with Crippen LogP contribution in [0.1, 0.15) is 25.7 Å². The quantitative estimate of drug-likeness (QED) is 0.450. The first-order chi connectivity index (χ1) is 5.87. The third kappa shape index (κ3) is 1.51. The van der Waals surface area contributed by atoms with E-state index in [4.69, 9.17) is 3.07 Å². The van der Waals surface area contributed by atoms with Crippen molar-refractivity contribution >= 4 is 0 Å². The minimum atomic E-state index is 0.0325. The average molecular weight is 282 g/mol. The van der Waals surface area contributed by atoms with Crippen molar-refractivity contribution in [2.45, 2.75) is 31.2 Å². The molecule has 2 saturated heterocycles. The van der Waals surface area contributed by atoms with Crippen LogP contribution >= 0.6 is 0 Å². The molecule has 0 aromatic carbocycles. The van der Waals surface area contributed by atoms with E-state index in [0.29, 0.717) is 5.54 Å². The van der Waals surface area contributed by atoms with Gasteiger partial charge in [0.15, 0.2) is 0 Å². The molecule has 0 spiro atoms. The minimum absolute atomic E-state index is 0.0325.